The lowest BCUT2D eigenvalue weighted by molar-refractivity contribution is -0.149. The first-order chi connectivity index (χ1) is 58.4. The molecule has 14 amide bonds. The fourth-order valence-electron chi connectivity index (χ4n) is 16.1. The number of thioether (sulfide) groups is 1. The number of fused-ring (bicyclic) bond motifs is 3. The smallest absolute Gasteiger partial charge is 0.323 e. The number of piperidine rings is 1. The number of nitrogens with two attached hydrogens (primary N) is 3. The number of carbonyl (C=O) groups is 15. The molecule has 37 heteroatoms. The molecule has 672 valence electrons. The second kappa shape index (κ2) is 45.3. The number of primary amides is 2. The van der Waals surface area contributed by atoms with Gasteiger partial charge in [0, 0.05) is 112 Å². The summed E-state index contributed by atoms with van der Waals surface area (Å²) in [5.41, 5.74) is 17.9. The summed E-state index contributed by atoms with van der Waals surface area (Å²) in [6.07, 6.45) is 6.88. The molecule has 4 heterocycles. The van der Waals surface area contributed by atoms with Crippen LogP contribution in [0.4, 0.5) is 0 Å². The van der Waals surface area contributed by atoms with Crippen LogP contribution in [0.1, 0.15) is 149 Å². The van der Waals surface area contributed by atoms with Gasteiger partial charge in [0.05, 0.1) is 30.8 Å². The highest BCUT2D eigenvalue weighted by atomic mass is 32.2. The quantitative estimate of drug-likeness (QED) is 0.0190. The van der Waals surface area contributed by atoms with E-state index in [0.29, 0.717) is 79.9 Å². The largest absolute Gasteiger partial charge is 0.508 e. The van der Waals surface area contributed by atoms with Gasteiger partial charge in [-0.2, -0.15) is 11.8 Å². The molecule has 1 saturated carbocycles. The van der Waals surface area contributed by atoms with Crippen LogP contribution in [-0.2, 0) is 97.7 Å². The third kappa shape index (κ3) is 26.2. The first-order valence-corrected chi connectivity index (χ1v) is 43.5. The van der Waals surface area contributed by atoms with Crippen LogP contribution in [0.5, 0.6) is 5.75 Å². The van der Waals surface area contributed by atoms with Crippen molar-refractivity contribution in [3.63, 3.8) is 0 Å². The molecule has 5 aromatic rings. The Morgan fingerprint density at radius 2 is 1.24 bits per heavy atom. The van der Waals surface area contributed by atoms with Crippen LogP contribution in [0, 0.1) is 17.8 Å². The Balaban J connectivity index is 0.926. The number of aromatic hydroxyl groups is 1. The van der Waals surface area contributed by atoms with E-state index in [0.717, 1.165) is 38.0 Å². The molecule has 2 saturated heterocycles. The Morgan fingerprint density at radius 3 is 1.89 bits per heavy atom. The van der Waals surface area contributed by atoms with Crippen molar-refractivity contribution in [2.75, 3.05) is 65.4 Å². The van der Waals surface area contributed by atoms with E-state index in [4.69, 9.17) is 17.2 Å². The summed E-state index contributed by atoms with van der Waals surface area (Å²) in [4.78, 5) is 218. The van der Waals surface area contributed by atoms with Crippen LogP contribution in [-0.4, -0.2) is 276 Å². The zero-order valence-electron chi connectivity index (χ0n) is 71.9. The molecule has 3 aliphatic rings. The Morgan fingerprint density at radius 1 is 0.626 bits per heavy atom. The maximum atomic E-state index is 15.5. The Labute approximate surface area is 720 Å². The van der Waals surface area contributed by atoms with Crippen molar-refractivity contribution in [3.05, 3.63) is 102 Å². The lowest BCUT2D eigenvalue weighted by Crippen LogP contribution is -2.59. The number of nitrogens with one attached hydrogen (secondary N) is 9. The number of carboxylic acids is 1. The van der Waals surface area contributed by atoms with E-state index < -0.39 is 174 Å². The van der Waals surface area contributed by atoms with Gasteiger partial charge in [-0.1, -0.05) is 116 Å². The van der Waals surface area contributed by atoms with E-state index in [2.05, 4.69) is 47.5 Å². The van der Waals surface area contributed by atoms with Crippen LogP contribution in [0.15, 0.2) is 85.2 Å². The van der Waals surface area contributed by atoms with E-state index in [9.17, 15) is 77.6 Å². The number of phenolic OH excluding ortho intramolecular Hbond substituents is 1. The van der Waals surface area contributed by atoms with Gasteiger partial charge in [-0.3, -0.25) is 77.2 Å². The molecule has 123 heavy (non-hydrogen) atoms. The molecule has 0 spiro atoms. The molecule has 3 fully saturated rings. The third-order valence-electron chi connectivity index (χ3n) is 23.1. The number of benzene rings is 3. The molecule has 2 aliphatic heterocycles. The Kier molecular flexibility index (Phi) is 35.8. The summed E-state index contributed by atoms with van der Waals surface area (Å²) in [6.45, 7) is 12.0. The van der Waals surface area contributed by atoms with E-state index in [-0.39, 0.29) is 105 Å². The van der Waals surface area contributed by atoms with Gasteiger partial charge in [0.1, 0.15) is 72.4 Å². The van der Waals surface area contributed by atoms with Crippen molar-refractivity contribution in [2.45, 2.75) is 230 Å². The highest BCUT2D eigenvalue weighted by Crippen LogP contribution is 2.53. The number of para-hydroxylation sites is 2. The number of aliphatic hydroxyl groups is 1. The molecule has 4 unspecified atom stereocenters. The van der Waals surface area contributed by atoms with Gasteiger partial charge in [0.25, 0.3) is 0 Å². The number of hydrogen-bond donors (Lipinski definition) is 15. The fourth-order valence-corrected chi connectivity index (χ4v) is 16.8. The number of aromatic nitrogens is 2. The van der Waals surface area contributed by atoms with Crippen LogP contribution < -0.4 is 59.7 Å². The summed E-state index contributed by atoms with van der Waals surface area (Å²) in [6, 6.07) is 7.00. The molecule has 18 N–H and O–H groups in total. The third-order valence-corrected chi connectivity index (χ3v) is 24.1. The number of H-pyrrole nitrogens is 1. The predicted molar refractivity (Wildman–Crippen MR) is 460 cm³/mol. The SMILES string of the molecule is CCCC[C@@H](C(=O)N(C)[C@@H](CCCC)C(=O)N[C@@H](CC(C)C)C(=O)NCCSCC(=O)N[C@@H](Cc1ccc(O)cc1)C(=O)N(C)[C@@H](C)C(=O)N[C@@H](CC(N)=O)C(=O)N1CCCC1C(=O)N[C@@H](CN)C(N)=O)N(C)C(=O)[C@H](Cc1cn(CC(=O)O)c2ccccc12)NC(=O)CNC(=O)[C@H](Cc1c[nH]c2ccccc12)NC1(O)C2CCN(C(=O)CCC(C)C)C21. The number of amides is 14. The van der Waals surface area contributed by atoms with E-state index in [1.165, 1.54) is 66.7 Å². The molecule has 8 rings (SSSR count). The average Bonchev–Trinajstić information content (AvgIpc) is 1.53. The average molecular weight is 1730 g/mol. The fraction of sp³-hybridized carbons (Fsp3) is 0.570. The predicted octanol–water partition coefficient (Wildman–Crippen LogP) is 0.882. The standard InChI is InChI=1S/C86H124N18O18S/c1-11-13-23-67(80(116)95-60(38-50(5)6)78(114)90-34-37-123-48-72(108)94-62(39-52-28-30-55(105)31-29-52)82(118)99(8)51(7)77(113)96-64(42-70(88)106)84(120)103-35-19-26-68(103)81(117)97-65(43-87)76(89)112)100(9)85(121)69(24-14-12-2)101(10)83(119)63(41-54-46-102(47-74(110)111)66-25-18-16-21-57(54)66)93-71(107)45-92-79(115)61(40-53-44-91-59-22-17-15-20-56(53)59)98-86(122)58-33-36-104(75(58)86)73(109)32-27-49(3)4/h15-18,20-22,25,28-31,44,46,49-51,58,60-65,67-69,75,91,98,105,122H,11-14,19,23-24,26-27,32-43,45,47-48,87H2,1-10H3,(H2,88,106)(H2,89,112)(H,90,114)(H,92,115)(H,93,107)(H,94,108)(H,95,116)(H,96,113)(H,97,117)(H,110,111)/t51-,58?,60-,61-,62-,63-,64-,65-,67-,68?,69-,75?,86?/m0/s1. The van der Waals surface area contributed by atoms with Gasteiger partial charge in [0.2, 0.25) is 82.7 Å². The first-order valence-electron chi connectivity index (χ1n) is 42.3. The van der Waals surface area contributed by atoms with Crippen molar-refractivity contribution in [1.82, 2.24) is 76.6 Å². The highest BCUT2D eigenvalue weighted by Gasteiger charge is 2.71. The summed E-state index contributed by atoms with van der Waals surface area (Å²) in [5.74, 6) is -11.3. The van der Waals surface area contributed by atoms with Crippen molar-refractivity contribution >= 4 is 122 Å². The maximum absolute atomic E-state index is 15.5. The number of phenols is 1. The van der Waals surface area contributed by atoms with Crippen molar-refractivity contribution < 1.29 is 87.2 Å². The number of aliphatic carboxylic acids is 1. The number of likely N-dealkylation sites (tertiary alicyclic amines) is 2. The highest BCUT2D eigenvalue weighted by molar-refractivity contribution is 7.99. The van der Waals surface area contributed by atoms with Gasteiger partial charge in [-0.15, -0.1) is 0 Å². The Hall–Kier alpha value is -11.2. The number of nitrogens with zero attached hydrogens (tertiary/aromatic N) is 6. The van der Waals surface area contributed by atoms with Gasteiger partial charge in [0.15, 0.2) is 0 Å². The zero-order chi connectivity index (χ0) is 90.3. The van der Waals surface area contributed by atoms with Crippen LogP contribution in [0.25, 0.3) is 21.8 Å². The minimum Gasteiger partial charge on any atom is -0.508 e. The number of aromatic amines is 1. The molecule has 1 aliphatic carbocycles. The minimum absolute atomic E-state index is 0.00184. The zero-order valence-corrected chi connectivity index (χ0v) is 72.7. The molecular weight excluding hydrogens is 1610 g/mol. The van der Waals surface area contributed by atoms with E-state index in [1.54, 1.807) is 41.6 Å². The molecule has 3 aromatic carbocycles. The summed E-state index contributed by atoms with van der Waals surface area (Å²) >= 11 is 1.10. The number of carboxylic acid groups (broad SMARTS) is 1. The molecule has 36 nitrogen and oxygen atoms in total. The van der Waals surface area contributed by atoms with Gasteiger partial charge in [-0.05, 0) is 111 Å². The van der Waals surface area contributed by atoms with Crippen molar-refractivity contribution in [3.8, 4) is 5.75 Å². The summed E-state index contributed by atoms with van der Waals surface area (Å²) in [7, 11) is 4.17. The van der Waals surface area contributed by atoms with Gasteiger partial charge >= 0.3 is 5.97 Å². The van der Waals surface area contributed by atoms with Crippen LogP contribution in [0.2, 0.25) is 0 Å². The summed E-state index contributed by atoms with van der Waals surface area (Å²) < 4.78 is 1.51. The first kappa shape index (κ1) is 97.3. The lowest BCUT2D eigenvalue weighted by Gasteiger charge is -2.36. The lowest BCUT2D eigenvalue weighted by atomic mass is 9.99. The number of likely N-dealkylation sites (N-methyl/N-ethyl adjacent to an activating group) is 3. The molecule has 0 radical (unpaired) electrons. The van der Waals surface area contributed by atoms with E-state index in [1.807, 2.05) is 65.8 Å². The topological polar surface area (TPSA) is 528 Å². The minimum atomic E-state index is -1.61. The molecule has 2 aromatic heterocycles. The van der Waals surface area contributed by atoms with Gasteiger partial charge < -0.3 is 104 Å². The summed E-state index contributed by atoms with van der Waals surface area (Å²) in [5, 5.41) is 55.8. The van der Waals surface area contributed by atoms with Gasteiger partial charge in [-0.25, -0.2) is 0 Å². The molecule has 0 bridgehead atoms. The van der Waals surface area contributed by atoms with Crippen molar-refractivity contribution in [2.24, 2.45) is 35.0 Å². The molecular formula is C86H124N18O18S. The number of carbonyl (C=O) groups excluding carboxylic acids is 14. The second-order valence-electron chi connectivity index (χ2n) is 33.2. The normalized spacial score (nSPS) is 18.2. The number of hydrogen-bond acceptors (Lipinski definition) is 20. The number of unbranched alkanes of at least 4 members (excludes halogenated alkanes) is 2. The number of rotatable bonds is 49. The monoisotopic (exact) mass is 1730 g/mol. The second-order valence-corrected chi connectivity index (χ2v) is 34.3. The van der Waals surface area contributed by atoms with Crippen LogP contribution >= 0.6 is 11.8 Å². The van der Waals surface area contributed by atoms with Crippen molar-refractivity contribution in [1.29, 1.82) is 0 Å². The van der Waals surface area contributed by atoms with E-state index >= 15 is 9.59 Å². The maximum Gasteiger partial charge on any atom is 0.323 e. The Bertz CT molecular complexity index is 4600. The molecule has 13 atom stereocenters. The van der Waals surface area contributed by atoms with Crippen LogP contribution in [0.3, 0.4) is 0 Å².